The third kappa shape index (κ3) is 3.03. The second kappa shape index (κ2) is 5.71. The SMILES string of the molecule is CN(C)CC1CCN(C(=O)c2sccc2N)CC1. The highest BCUT2D eigenvalue weighted by atomic mass is 32.1. The third-order valence-electron chi connectivity index (χ3n) is 3.42. The number of hydrogen-bond donors (Lipinski definition) is 1. The van der Waals surface area contributed by atoms with Crippen molar-refractivity contribution in [3.8, 4) is 0 Å². The molecule has 0 radical (unpaired) electrons. The average molecular weight is 267 g/mol. The van der Waals surface area contributed by atoms with E-state index >= 15 is 0 Å². The van der Waals surface area contributed by atoms with Crippen molar-refractivity contribution in [2.45, 2.75) is 12.8 Å². The van der Waals surface area contributed by atoms with E-state index in [0.29, 0.717) is 16.5 Å². The Morgan fingerprint density at radius 2 is 2.17 bits per heavy atom. The molecule has 1 aliphatic heterocycles. The maximum atomic E-state index is 12.3. The minimum Gasteiger partial charge on any atom is -0.397 e. The zero-order valence-corrected chi connectivity index (χ0v) is 11.9. The van der Waals surface area contributed by atoms with Gasteiger partial charge in [0.15, 0.2) is 0 Å². The molecule has 1 fully saturated rings. The van der Waals surface area contributed by atoms with Crippen LogP contribution in [0.2, 0.25) is 0 Å². The van der Waals surface area contributed by atoms with Gasteiger partial charge < -0.3 is 15.5 Å². The smallest absolute Gasteiger partial charge is 0.266 e. The highest BCUT2D eigenvalue weighted by Crippen LogP contribution is 2.24. The summed E-state index contributed by atoms with van der Waals surface area (Å²) in [5, 5.41) is 1.88. The van der Waals surface area contributed by atoms with E-state index < -0.39 is 0 Å². The topological polar surface area (TPSA) is 49.6 Å². The molecule has 0 bridgehead atoms. The summed E-state index contributed by atoms with van der Waals surface area (Å²) in [6.45, 7) is 2.83. The average Bonchev–Trinajstić information content (AvgIpc) is 2.75. The van der Waals surface area contributed by atoms with Crippen LogP contribution in [-0.2, 0) is 0 Å². The van der Waals surface area contributed by atoms with Crippen LogP contribution < -0.4 is 5.73 Å². The third-order valence-corrected chi connectivity index (χ3v) is 4.33. The quantitative estimate of drug-likeness (QED) is 0.907. The van der Waals surface area contributed by atoms with E-state index in [4.69, 9.17) is 5.73 Å². The molecule has 2 heterocycles. The van der Waals surface area contributed by atoms with Crippen LogP contribution in [0, 0.1) is 5.92 Å². The Labute approximate surface area is 112 Å². The number of piperidine rings is 1. The van der Waals surface area contributed by atoms with Gasteiger partial charge in [0.25, 0.3) is 5.91 Å². The number of likely N-dealkylation sites (tertiary alicyclic amines) is 1. The maximum Gasteiger partial charge on any atom is 0.266 e. The van der Waals surface area contributed by atoms with Crippen molar-refractivity contribution >= 4 is 22.9 Å². The predicted octanol–water partition coefficient (Wildman–Crippen LogP) is 1.74. The lowest BCUT2D eigenvalue weighted by Gasteiger charge is -2.33. The molecule has 4 nitrogen and oxygen atoms in total. The number of anilines is 1. The predicted molar refractivity (Wildman–Crippen MR) is 75.9 cm³/mol. The van der Waals surface area contributed by atoms with Gasteiger partial charge in [0.2, 0.25) is 0 Å². The summed E-state index contributed by atoms with van der Waals surface area (Å²) in [6.07, 6.45) is 2.18. The molecule has 1 aliphatic rings. The molecule has 2 rings (SSSR count). The lowest BCUT2D eigenvalue weighted by molar-refractivity contribution is 0.0684. The summed E-state index contributed by atoms with van der Waals surface area (Å²) in [4.78, 5) is 17.1. The van der Waals surface area contributed by atoms with Crippen molar-refractivity contribution < 1.29 is 4.79 Å². The molecule has 1 aromatic heterocycles. The van der Waals surface area contributed by atoms with Gasteiger partial charge in [-0.1, -0.05) is 0 Å². The Kier molecular flexibility index (Phi) is 4.24. The summed E-state index contributed by atoms with van der Waals surface area (Å²) >= 11 is 1.44. The van der Waals surface area contributed by atoms with Gasteiger partial charge in [-0.05, 0) is 44.3 Å². The normalized spacial score (nSPS) is 17.4. The van der Waals surface area contributed by atoms with Gasteiger partial charge in [-0.25, -0.2) is 0 Å². The Bertz CT molecular complexity index is 408. The summed E-state index contributed by atoms with van der Waals surface area (Å²) < 4.78 is 0. The van der Waals surface area contributed by atoms with Gasteiger partial charge in [0, 0.05) is 19.6 Å². The second-order valence-corrected chi connectivity index (χ2v) is 6.12. The molecule has 18 heavy (non-hydrogen) atoms. The molecular formula is C13H21N3OS. The molecule has 1 amide bonds. The van der Waals surface area contributed by atoms with Gasteiger partial charge in [0.05, 0.1) is 5.69 Å². The number of carbonyl (C=O) groups is 1. The molecule has 2 N–H and O–H groups in total. The van der Waals surface area contributed by atoms with Crippen molar-refractivity contribution in [2.24, 2.45) is 5.92 Å². The molecule has 100 valence electrons. The number of carbonyl (C=O) groups excluding carboxylic acids is 1. The van der Waals surface area contributed by atoms with E-state index in [1.165, 1.54) is 11.3 Å². The Morgan fingerprint density at radius 1 is 1.50 bits per heavy atom. The zero-order valence-electron chi connectivity index (χ0n) is 11.1. The molecule has 1 saturated heterocycles. The van der Waals surface area contributed by atoms with Crippen LogP contribution in [0.25, 0.3) is 0 Å². The number of thiophene rings is 1. The number of hydrogen-bond acceptors (Lipinski definition) is 4. The Balaban J connectivity index is 1.90. The van der Waals surface area contributed by atoms with Crippen molar-refractivity contribution in [1.29, 1.82) is 0 Å². The molecule has 0 aliphatic carbocycles. The molecule has 0 spiro atoms. The molecule has 0 atom stereocenters. The van der Waals surface area contributed by atoms with Crippen LogP contribution in [0.4, 0.5) is 5.69 Å². The summed E-state index contributed by atoms with van der Waals surface area (Å²) in [5.41, 5.74) is 6.41. The minimum atomic E-state index is 0.103. The van der Waals surface area contributed by atoms with E-state index in [2.05, 4.69) is 19.0 Å². The fourth-order valence-corrected chi connectivity index (χ4v) is 3.26. The number of rotatable bonds is 3. The number of nitrogen functional groups attached to an aromatic ring is 1. The van der Waals surface area contributed by atoms with Crippen molar-refractivity contribution in [3.05, 3.63) is 16.3 Å². The van der Waals surface area contributed by atoms with Crippen molar-refractivity contribution in [1.82, 2.24) is 9.80 Å². The standard InChI is InChI=1S/C13H21N3OS/c1-15(2)9-10-3-6-16(7-4-10)13(17)12-11(14)5-8-18-12/h5,8,10H,3-4,6-7,9,14H2,1-2H3. The van der Waals surface area contributed by atoms with Gasteiger partial charge in [-0.2, -0.15) is 0 Å². The van der Waals surface area contributed by atoms with E-state index in [0.717, 1.165) is 32.5 Å². The van der Waals surface area contributed by atoms with Crippen molar-refractivity contribution in [3.63, 3.8) is 0 Å². The van der Waals surface area contributed by atoms with E-state index in [9.17, 15) is 4.79 Å². The Morgan fingerprint density at radius 3 is 2.67 bits per heavy atom. The second-order valence-electron chi connectivity index (χ2n) is 5.20. The summed E-state index contributed by atoms with van der Waals surface area (Å²) in [6, 6.07) is 1.80. The highest BCUT2D eigenvalue weighted by Gasteiger charge is 2.25. The fourth-order valence-electron chi connectivity index (χ4n) is 2.47. The van der Waals surface area contributed by atoms with Crippen molar-refractivity contribution in [2.75, 3.05) is 39.5 Å². The monoisotopic (exact) mass is 267 g/mol. The highest BCUT2D eigenvalue weighted by molar-refractivity contribution is 7.12. The minimum absolute atomic E-state index is 0.103. The molecule has 0 unspecified atom stereocenters. The molecule has 5 heteroatoms. The first kappa shape index (κ1) is 13.4. The van der Waals surface area contributed by atoms with E-state index in [-0.39, 0.29) is 5.91 Å². The molecular weight excluding hydrogens is 246 g/mol. The number of amides is 1. The first-order valence-electron chi connectivity index (χ1n) is 6.35. The molecule has 0 aromatic carbocycles. The van der Waals surface area contributed by atoms with Gasteiger partial charge >= 0.3 is 0 Å². The lowest BCUT2D eigenvalue weighted by Crippen LogP contribution is -2.40. The Hall–Kier alpha value is -1.07. The van der Waals surface area contributed by atoms with Crippen LogP contribution in [0.5, 0.6) is 0 Å². The number of nitrogens with zero attached hydrogens (tertiary/aromatic N) is 2. The van der Waals surface area contributed by atoms with Crippen LogP contribution in [0.3, 0.4) is 0 Å². The van der Waals surface area contributed by atoms with E-state index in [1.54, 1.807) is 6.07 Å². The van der Waals surface area contributed by atoms with Gasteiger partial charge in [-0.3, -0.25) is 4.79 Å². The number of nitrogens with two attached hydrogens (primary N) is 1. The first-order chi connectivity index (χ1) is 8.58. The molecule has 1 aromatic rings. The molecule has 0 saturated carbocycles. The maximum absolute atomic E-state index is 12.3. The first-order valence-corrected chi connectivity index (χ1v) is 7.23. The van der Waals surface area contributed by atoms with Crippen LogP contribution in [0.15, 0.2) is 11.4 Å². The van der Waals surface area contributed by atoms with E-state index in [1.807, 2.05) is 10.3 Å². The fraction of sp³-hybridized carbons (Fsp3) is 0.615. The summed E-state index contributed by atoms with van der Waals surface area (Å²) in [7, 11) is 4.20. The van der Waals surface area contributed by atoms with Crippen LogP contribution in [0.1, 0.15) is 22.5 Å². The van der Waals surface area contributed by atoms with Gasteiger partial charge in [0.1, 0.15) is 4.88 Å². The van der Waals surface area contributed by atoms with Crippen LogP contribution >= 0.6 is 11.3 Å². The lowest BCUT2D eigenvalue weighted by atomic mass is 9.96. The summed E-state index contributed by atoms with van der Waals surface area (Å²) in [5.74, 6) is 0.815. The largest absolute Gasteiger partial charge is 0.397 e. The van der Waals surface area contributed by atoms with Crippen LogP contribution in [-0.4, -0.2) is 49.4 Å². The zero-order chi connectivity index (χ0) is 13.1. The van der Waals surface area contributed by atoms with Gasteiger partial charge in [-0.15, -0.1) is 11.3 Å².